The third-order valence-electron chi connectivity index (χ3n) is 3.58. The highest BCUT2D eigenvalue weighted by Crippen LogP contribution is 2.27. The Morgan fingerprint density at radius 2 is 1.41 bits per heavy atom. The van der Waals surface area contributed by atoms with E-state index < -0.39 is 14.4 Å². The fourth-order valence-corrected chi connectivity index (χ4v) is 3.53. The lowest BCUT2D eigenvalue weighted by Gasteiger charge is -2.30. The SMILES string of the molecule is C[C@@H](c1ccccc1)[C@@H](O[Si](C)(C)C)C(=O)c1ccccc1. The fraction of sp³-hybridized carbons (Fsp3) is 0.316. The molecule has 2 aromatic carbocycles. The zero-order valence-corrected chi connectivity index (χ0v) is 14.7. The average Bonchev–Trinajstić information content (AvgIpc) is 2.52. The molecule has 116 valence electrons. The molecule has 2 rings (SSSR count). The Bertz CT molecular complexity index is 602. The van der Waals surface area contributed by atoms with Gasteiger partial charge in [-0.2, -0.15) is 0 Å². The molecule has 0 saturated carbocycles. The smallest absolute Gasteiger partial charge is 0.190 e. The first-order valence-corrected chi connectivity index (χ1v) is 11.1. The molecule has 0 bridgehead atoms. The van der Waals surface area contributed by atoms with Crippen LogP contribution in [0, 0.1) is 0 Å². The number of benzene rings is 2. The summed E-state index contributed by atoms with van der Waals surface area (Å²) in [6.07, 6.45) is -0.434. The monoisotopic (exact) mass is 312 g/mol. The number of Topliss-reactive ketones (excluding diaryl/α,β-unsaturated/α-hetero) is 1. The number of ketones is 1. The first-order valence-electron chi connectivity index (χ1n) is 7.70. The van der Waals surface area contributed by atoms with E-state index in [9.17, 15) is 4.79 Å². The number of rotatable bonds is 6. The van der Waals surface area contributed by atoms with Crippen LogP contribution >= 0.6 is 0 Å². The van der Waals surface area contributed by atoms with Crippen molar-refractivity contribution in [1.29, 1.82) is 0 Å². The van der Waals surface area contributed by atoms with Crippen LogP contribution in [0.4, 0.5) is 0 Å². The van der Waals surface area contributed by atoms with E-state index in [-0.39, 0.29) is 11.7 Å². The summed E-state index contributed by atoms with van der Waals surface area (Å²) in [6.45, 7) is 8.43. The zero-order chi connectivity index (χ0) is 16.2. The van der Waals surface area contributed by atoms with Crippen LogP contribution in [0.25, 0.3) is 0 Å². The van der Waals surface area contributed by atoms with E-state index >= 15 is 0 Å². The second kappa shape index (κ2) is 7.03. The standard InChI is InChI=1S/C19H24O2Si/c1-15(16-11-7-5-8-12-16)19(21-22(2,3)4)18(20)17-13-9-6-10-14-17/h5-15,19H,1-4H3/t15-,19+/m0/s1. The minimum atomic E-state index is -1.83. The Kier molecular flexibility index (Phi) is 5.32. The molecule has 0 N–H and O–H groups in total. The van der Waals surface area contributed by atoms with Gasteiger partial charge in [0.25, 0.3) is 0 Å². The Balaban J connectivity index is 2.32. The lowest BCUT2D eigenvalue weighted by Crippen LogP contribution is -2.39. The molecule has 0 saturated heterocycles. The Labute approximate surface area is 134 Å². The van der Waals surface area contributed by atoms with Gasteiger partial charge in [-0.3, -0.25) is 4.79 Å². The van der Waals surface area contributed by atoms with Crippen molar-refractivity contribution in [1.82, 2.24) is 0 Å². The van der Waals surface area contributed by atoms with Crippen LogP contribution in [0.3, 0.4) is 0 Å². The van der Waals surface area contributed by atoms with E-state index in [4.69, 9.17) is 4.43 Å². The van der Waals surface area contributed by atoms with E-state index in [2.05, 4.69) is 38.7 Å². The molecule has 0 heterocycles. The summed E-state index contributed by atoms with van der Waals surface area (Å²) >= 11 is 0. The van der Waals surface area contributed by atoms with Gasteiger partial charge in [-0.05, 0) is 25.2 Å². The van der Waals surface area contributed by atoms with E-state index in [1.165, 1.54) is 0 Å². The molecule has 22 heavy (non-hydrogen) atoms. The van der Waals surface area contributed by atoms with Crippen molar-refractivity contribution in [2.24, 2.45) is 0 Å². The first-order chi connectivity index (χ1) is 10.4. The maximum atomic E-state index is 12.9. The zero-order valence-electron chi connectivity index (χ0n) is 13.7. The predicted molar refractivity (Wildman–Crippen MR) is 93.8 cm³/mol. The minimum absolute atomic E-state index is 0.0284. The molecule has 3 heteroatoms. The lowest BCUT2D eigenvalue weighted by atomic mass is 9.90. The van der Waals surface area contributed by atoms with E-state index in [0.29, 0.717) is 5.56 Å². The molecular formula is C19H24O2Si. The summed E-state index contributed by atoms with van der Waals surface area (Å²) < 4.78 is 6.26. The molecule has 0 amide bonds. The second-order valence-electron chi connectivity index (χ2n) is 6.58. The Morgan fingerprint density at radius 3 is 1.91 bits per heavy atom. The highest BCUT2D eigenvalue weighted by Gasteiger charge is 2.32. The molecule has 0 aliphatic carbocycles. The van der Waals surface area contributed by atoms with E-state index in [1.807, 2.05) is 48.5 Å². The summed E-state index contributed by atoms with van der Waals surface area (Å²) in [6, 6.07) is 19.6. The summed E-state index contributed by atoms with van der Waals surface area (Å²) in [5.74, 6) is 0.0972. The van der Waals surface area contributed by atoms with Crippen LogP contribution in [0.1, 0.15) is 28.8 Å². The lowest BCUT2D eigenvalue weighted by molar-refractivity contribution is 0.0740. The highest BCUT2D eigenvalue weighted by atomic mass is 28.4. The van der Waals surface area contributed by atoms with Crippen molar-refractivity contribution in [3.05, 3.63) is 71.8 Å². The molecular weight excluding hydrogens is 288 g/mol. The average molecular weight is 312 g/mol. The summed E-state index contributed by atoms with van der Waals surface area (Å²) in [5, 5.41) is 0. The molecule has 2 aromatic rings. The summed E-state index contributed by atoms with van der Waals surface area (Å²) in [4.78, 5) is 12.9. The largest absolute Gasteiger partial charge is 0.407 e. The molecule has 0 aromatic heterocycles. The van der Waals surface area contributed by atoms with Crippen LogP contribution in [-0.2, 0) is 4.43 Å². The normalized spacial score (nSPS) is 14.4. The minimum Gasteiger partial charge on any atom is -0.407 e. The molecule has 0 aliphatic heterocycles. The first kappa shape index (κ1) is 16.7. The Hall–Kier alpha value is -1.71. The molecule has 0 aliphatic rings. The van der Waals surface area contributed by atoms with Crippen LogP contribution in [0.5, 0.6) is 0 Å². The fourth-order valence-electron chi connectivity index (χ4n) is 2.46. The van der Waals surface area contributed by atoms with Crippen LogP contribution in [-0.4, -0.2) is 20.2 Å². The molecule has 0 spiro atoms. The van der Waals surface area contributed by atoms with Crippen molar-refractivity contribution in [2.75, 3.05) is 0 Å². The third kappa shape index (κ3) is 4.39. The molecule has 2 atom stereocenters. The number of hydrogen-bond acceptors (Lipinski definition) is 2. The van der Waals surface area contributed by atoms with Gasteiger partial charge in [-0.25, -0.2) is 0 Å². The van der Waals surface area contributed by atoms with Gasteiger partial charge in [-0.15, -0.1) is 0 Å². The number of carbonyl (C=O) groups is 1. The predicted octanol–water partition coefficient (Wildman–Crippen LogP) is 4.89. The van der Waals surface area contributed by atoms with Gasteiger partial charge < -0.3 is 4.43 Å². The van der Waals surface area contributed by atoms with Gasteiger partial charge in [0.1, 0.15) is 6.10 Å². The Morgan fingerprint density at radius 1 is 0.909 bits per heavy atom. The van der Waals surface area contributed by atoms with E-state index in [1.54, 1.807) is 0 Å². The highest BCUT2D eigenvalue weighted by molar-refractivity contribution is 6.70. The van der Waals surface area contributed by atoms with Gasteiger partial charge in [0.2, 0.25) is 0 Å². The van der Waals surface area contributed by atoms with Crippen LogP contribution in [0.15, 0.2) is 60.7 Å². The summed E-state index contributed by atoms with van der Waals surface area (Å²) in [5.41, 5.74) is 1.85. The van der Waals surface area contributed by atoms with Crippen molar-refractivity contribution >= 4 is 14.1 Å². The van der Waals surface area contributed by atoms with Gasteiger partial charge >= 0.3 is 0 Å². The van der Waals surface area contributed by atoms with Crippen molar-refractivity contribution in [2.45, 2.75) is 38.6 Å². The number of hydrogen-bond donors (Lipinski definition) is 0. The molecule has 0 radical (unpaired) electrons. The number of carbonyl (C=O) groups excluding carboxylic acids is 1. The van der Waals surface area contributed by atoms with Gasteiger partial charge in [0, 0.05) is 11.5 Å². The quantitative estimate of drug-likeness (QED) is 0.560. The van der Waals surface area contributed by atoms with Crippen molar-refractivity contribution in [3.63, 3.8) is 0 Å². The summed E-state index contributed by atoms with van der Waals surface area (Å²) in [7, 11) is -1.83. The van der Waals surface area contributed by atoms with Crippen LogP contribution in [0.2, 0.25) is 19.6 Å². The van der Waals surface area contributed by atoms with Gasteiger partial charge in [0.05, 0.1) is 0 Å². The molecule has 2 nitrogen and oxygen atoms in total. The second-order valence-corrected chi connectivity index (χ2v) is 11.0. The van der Waals surface area contributed by atoms with Crippen molar-refractivity contribution in [3.8, 4) is 0 Å². The third-order valence-corrected chi connectivity index (χ3v) is 4.54. The molecule has 0 fully saturated rings. The van der Waals surface area contributed by atoms with Gasteiger partial charge in [-0.1, -0.05) is 67.6 Å². The molecule has 0 unspecified atom stereocenters. The maximum absolute atomic E-state index is 12.9. The topological polar surface area (TPSA) is 26.3 Å². The van der Waals surface area contributed by atoms with Crippen LogP contribution < -0.4 is 0 Å². The van der Waals surface area contributed by atoms with E-state index in [0.717, 1.165) is 5.56 Å². The van der Waals surface area contributed by atoms with Gasteiger partial charge in [0.15, 0.2) is 14.1 Å². The van der Waals surface area contributed by atoms with Crippen molar-refractivity contribution < 1.29 is 9.22 Å². The maximum Gasteiger partial charge on any atom is 0.190 e.